The van der Waals surface area contributed by atoms with E-state index in [0.29, 0.717) is 17.1 Å². The fraction of sp³-hybridized carbons (Fsp3) is 0.375. The van der Waals surface area contributed by atoms with Crippen LogP contribution < -0.4 is 9.47 Å². The Balaban J connectivity index is 1.46. The zero-order chi connectivity index (χ0) is 27.1. The van der Waals surface area contributed by atoms with Crippen molar-refractivity contribution in [3.8, 4) is 22.6 Å². The topological polar surface area (TPSA) is 61.8 Å². The van der Waals surface area contributed by atoms with Crippen LogP contribution in [0.1, 0.15) is 58.3 Å². The molecule has 3 aromatic rings. The molecule has 0 aliphatic carbocycles. The minimum atomic E-state index is -0.427. The first-order chi connectivity index (χ1) is 17.4. The highest BCUT2D eigenvalue weighted by Gasteiger charge is 2.35. The van der Waals surface area contributed by atoms with Crippen molar-refractivity contribution in [1.29, 1.82) is 0 Å². The van der Waals surface area contributed by atoms with Gasteiger partial charge in [0.15, 0.2) is 0 Å². The third-order valence-corrected chi connectivity index (χ3v) is 6.00. The second-order valence-electron chi connectivity index (χ2n) is 11.5. The lowest BCUT2D eigenvalue weighted by Crippen LogP contribution is -2.34. The lowest BCUT2D eigenvalue weighted by Gasteiger charge is -2.33. The summed E-state index contributed by atoms with van der Waals surface area (Å²) < 4.78 is 16.7. The van der Waals surface area contributed by atoms with Gasteiger partial charge in [0, 0.05) is 0 Å². The Kier molecular flexibility index (Phi) is 9.14. The molecule has 5 nitrogen and oxygen atoms in total. The predicted molar refractivity (Wildman–Crippen MR) is 147 cm³/mol. The van der Waals surface area contributed by atoms with Crippen LogP contribution in [0.25, 0.3) is 11.1 Å². The van der Waals surface area contributed by atoms with E-state index in [0.717, 1.165) is 17.5 Å². The number of carbonyl (C=O) groups excluding carboxylic acids is 2. The lowest BCUT2D eigenvalue weighted by atomic mass is 9.72. The molecule has 196 valence electrons. The van der Waals surface area contributed by atoms with E-state index in [4.69, 9.17) is 14.2 Å². The molecule has 0 fully saturated rings. The zero-order valence-electron chi connectivity index (χ0n) is 22.7. The van der Waals surface area contributed by atoms with Crippen molar-refractivity contribution in [3.63, 3.8) is 0 Å². The minimum absolute atomic E-state index is 0.0320. The van der Waals surface area contributed by atoms with Gasteiger partial charge in [0.25, 0.3) is 0 Å². The molecule has 0 aliphatic heterocycles. The first-order valence-electron chi connectivity index (χ1n) is 12.7. The number of hydrogen-bond acceptors (Lipinski definition) is 5. The van der Waals surface area contributed by atoms with Crippen molar-refractivity contribution in [3.05, 3.63) is 84.4 Å². The van der Waals surface area contributed by atoms with Crippen LogP contribution in [-0.2, 0) is 9.53 Å². The summed E-state index contributed by atoms with van der Waals surface area (Å²) in [6, 6.07) is 24.1. The largest absolute Gasteiger partial charge is 0.490 e. The maximum absolute atomic E-state index is 12.7. The van der Waals surface area contributed by atoms with Gasteiger partial charge in [0.05, 0.1) is 11.5 Å². The standard InChI is InChI=1S/C32H38O5/c1-31(2,3)22-28(32(4,5)6)30(34)36-21-20-35-26-16-18-27(19-17-26)37-29(33)25-14-12-24(13-15-25)23-10-8-7-9-11-23/h7-19,28H,20-22H2,1-6H3. The molecule has 0 bridgehead atoms. The second-order valence-corrected chi connectivity index (χ2v) is 11.5. The summed E-state index contributed by atoms with van der Waals surface area (Å²) in [7, 11) is 0. The summed E-state index contributed by atoms with van der Waals surface area (Å²) >= 11 is 0. The van der Waals surface area contributed by atoms with Gasteiger partial charge in [-0.05, 0) is 64.8 Å². The quantitative estimate of drug-likeness (QED) is 0.171. The number of benzene rings is 3. The van der Waals surface area contributed by atoms with Crippen molar-refractivity contribution in [2.75, 3.05) is 13.2 Å². The Morgan fingerprint density at radius 2 is 1.27 bits per heavy atom. The van der Waals surface area contributed by atoms with Crippen molar-refractivity contribution in [1.82, 2.24) is 0 Å². The molecule has 0 spiro atoms. The molecule has 3 rings (SSSR count). The first kappa shape index (κ1) is 28.0. The molecule has 0 N–H and O–H groups in total. The Bertz CT molecular complexity index is 1150. The van der Waals surface area contributed by atoms with Crippen molar-refractivity contribution in [2.24, 2.45) is 16.7 Å². The van der Waals surface area contributed by atoms with Gasteiger partial charge in [-0.1, -0.05) is 84.0 Å². The van der Waals surface area contributed by atoms with Crippen LogP contribution in [0.4, 0.5) is 0 Å². The minimum Gasteiger partial charge on any atom is -0.490 e. The fourth-order valence-electron chi connectivity index (χ4n) is 3.96. The third kappa shape index (κ3) is 8.78. The zero-order valence-corrected chi connectivity index (χ0v) is 22.7. The molecule has 1 unspecified atom stereocenters. The molecular formula is C32H38O5. The smallest absolute Gasteiger partial charge is 0.343 e. The van der Waals surface area contributed by atoms with Gasteiger partial charge in [-0.25, -0.2) is 4.79 Å². The van der Waals surface area contributed by atoms with Gasteiger partial charge >= 0.3 is 11.9 Å². The third-order valence-electron chi connectivity index (χ3n) is 6.00. The normalized spacial score (nSPS) is 12.5. The summed E-state index contributed by atoms with van der Waals surface area (Å²) in [4.78, 5) is 25.2. The Morgan fingerprint density at radius 3 is 1.84 bits per heavy atom. The summed E-state index contributed by atoms with van der Waals surface area (Å²) in [5, 5.41) is 0. The van der Waals surface area contributed by atoms with E-state index in [9.17, 15) is 9.59 Å². The average Bonchev–Trinajstić information content (AvgIpc) is 2.85. The Hall–Kier alpha value is -3.60. The van der Waals surface area contributed by atoms with E-state index in [1.807, 2.05) is 42.5 Å². The Morgan fingerprint density at radius 1 is 0.703 bits per heavy atom. The van der Waals surface area contributed by atoms with Crippen molar-refractivity contribution in [2.45, 2.75) is 48.0 Å². The molecule has 0 aromatic heterocycles. The predicted octanol–water partition coefficient (Wildman–Crippen LogP) is 7.59. The van der Waals surface area contributed by atoms with Crippen molar-refractivity contribution >= 4 is 11.9 Å². The molecule has 3 aromatic carbocycles. The molecular weight excluding hydrogens is 464 g/mol. The average molecular weight is 503 g/mol. The first-order valence-corrected chi connectivity index (χ1v) is 12.7. The maximum Gasteiger partial charge on any atom is 0.343 e. The number of esters is 2. The number of rotatable bonds is 9. The summed E-state index contributed by atoms with van der Waals surface area (Å²) in [5.41, 5.74) is 2.45. The van der Waals surface area contributed by atoms with Gasteiger partial charge in [-0.15, -0.1) is 0 Å². The van der Waals surface area contributed by atoms with Crippen LogP contribution in [0.15, 0.2) is 78.9 Å². The van der Waals surface area contributed by atoms with Crippen LogP contribution in [0.5, 0.6) is 11.5 Å². The van der Waals surface area contributed by atoms with E-state index in [1.54, 1.807) is 36.4 Å². The van der Waals surface area contributed by atoms with E-state index in [-0.39, 0.29) is 35.9 Å². The van der Waals surface area contributed by atoms with Crippen molar-refractivity contribution < 1.29 is 23.8 Å². The molecule has 1 atom stereocenters. The number of carbonyl (C=O) groups is 2. The second kappa shape index (κ2) is 12.1. The van der Waals surface area contributed by atoms with Gasteiger partial charge in [-0.3, -0.25) is 4.79 Å². The molecule has 0 radical (unpaired) electrons. The molecule has 5 heteroatoms. The summed E-state index contributed by atoms with van der Waals surface area (Å²) in [6.07, 6.45) is 0.757. The van der Waals surface area contributed by atoms with Crippen LogP contribution in [-0.4, -0.2) is 25.2 Å². The summed E-state index contributed by atoms with van der Waals surface area (Å²) in [6.45, 7) is 13.0. The summed E-state index contributed by atoms with van der Waals surface area (Å²) in [5.74, 6) is 0.223. The molecule has 0 saturated heterocycles. The fourth-order valence-corrected chi connectivity index (χ4v) is 3.96. The van der Waals surface area contributed by atoms with E-state index >= 15 is 0 Å². The molecule has 37 heavy (non-hydrogen) atoms. The highest BCUT2D eigenvalue weighted by Crippen LogP contribution is 2.36. The van der Waals surface area contributed by atoms with Crippen LogP contribution in [0.2, 0.25) is 0 Å². The van der Waals surface area contributed by atoms with Gasteiger partial charge in [0.1, 0.15) is 24.7 Å². The van der Waals surface area contributed by atoms with Crippen LogP contribution >= 0.6 is 0 Å². The monoisotopic (exact) mass is 502 g/mol. The van der Waals surface area contributed by atoms with Crippen LogP contribution in [0, 0.1) is 16.7 Å². The van der Waals surface area contributed by atoms with E-state index < -0.39 is 5.97 Å². The maximum atomic E-state index is 12.7. The molecule has 0 amide bonds. The van der Waals surface area contributed by atoms with E-state index in [2.05, 4.69) is 41.5 Å². The Labute approximate surface area is 220 Å². The highest BCUT2D eigenvalue weighted by atomic mass is 16.6. The number of hydrogen-bond donors (Lipinski definition) is 0. The number of ether oxygens (including phenoxy) is 3. The van der Waals surface area contributed by atoms with E-state index in [1.165, 1.54) is 0 Å². The highest BCUT2D eigenvalue weighted by molar-refractivity contribution is 5.91. The molecule has 0 saturated carbocycles. The van der Waals surface area contributed by atoms with Gasteiger partial charge in [0.2, 0.25) is 0 Å². The lowest BCUT2D eigenvalue weighted by molar-refractivity contribution is -0.154. The van der Waals surface area contributed by atoms with Crippen LogP contribution in [0.3, 0.4) is 0 Å². The molecule has 0 heterocycles. The SMILES string of the molecule is CC(C)(C)CC(C(=O)OCCOc1ccc(OC(=O)c2ccc(-c3ccccc3)cc2)cc1)C(C)(C)C. The van der Waals surface area contributed by atoms with Gasteiger partial charge < -0.3 is 14.2 Å². The molecule has 0 aliphatic rings. The van der Waals surface area contributed by atoms with Gasteiger partial charge in [-0.2, -0.15) is 0 Å².